The van der Waals surface area contributed by atoms with Crippen molar-refractivity contribution >= 4 is 11.9 Å². The number of aryl methyl sites for hydroxylation is 1. The minimum absolute atomic E-state index is 0.0353. The number of hydrogen-bond acceptors (Lipinski definition) is 4. The third-order valence-corrected chi connectivity index (χ3v) is 1.62. The van der Waals surface area contributed by atoms with E-state index in [1.807, 2.05) is 0 Å². The number of hydrogen-bond donors (Lipinski definition) is 2. The van der Waals surface area contributed by atoms with Crippen LogP contribution in [0.5, 0.6) is 0 Å². The molecule has 0 fully saturated rings. The summed E-state index contributed by atoms with van der Waals surface area (Å²) in [6, 6.07) is 0. The summed E-state index contributed by atoms with van der Waals surface area (Å²) in [5, 5.41) is 6.43. The lowest BCUT2D eigenvalue weighted by atomic mass is 10.3. The average Bonchev–Trinajstić information content (AvgIpc) is 2.51. The van der Waals surface area contributed by atoms with Gasteiger partial charge in [0.2, 0.25) is 11.9 Å². The van der Waals surface area contributed by atoms with Crippen LogP contribution in [0.2, 0.25) is 0 Å². The van der Waals surface area contributed by atoms with Crippen LogP contribution in [-0.4, -0.2) is 27.7 Å². The topological polar surface area (TPSA) is 85.8 Å². The molecule has 0 unspecified atom stereocenters. The van der Waals surface area contributed by atoms with Gasteiger partial charge in [-0.1, -0.05) is 0 Å². The van der Waals surface area contributed by atoms with Gasteiger partial charge in [0.25, 0.3) is 0 Å². The van der Waals surface area contributed by atoms with Crippen molar-refractivity contribution in [3.8, 4) is 0 Å². The number of carbonyl (C=O) groups is 1. The summed E-state index contributed by atoms with van der Waals surface area (Å²) in [6.07, 6.45) is 2.79. The van der Waals surface area contributed by atoms with E-state index >= 15 is 0 Å². The number of nitrogen functional groups attached to an aromatic ring is 1. The van der Waals surface area contributed by atoms with Crippen molar-refractivity contribution in [1.29, 1.82) is 0 Å². The number of carbonyl (C=O) groups excluding carboxylic acids is 1. The van der Waals surface area contributed by atoms with Gasteiger partial charge in [-0.15, -0.1) is 5.10 Å². The molecule has 0 aliphatic heterocycles. The second-order valence-corrected chi connectivity index (χ2v) is 2.64. The Morgan fingerprint density at radius 1 is 1.77 bits per heavy atom. The molecule has 0 saturated carbocycles. The van der Waals surface area contributed by atoms with Gasteiger partial charge in [0, 0.05) is 20.0 Å². The molecule has 6 nitrogen and oxygen atoms in total. The first-order chi connectivity index (χ1) is 6.22. The highest BCUT2D eigenvalue weighted by atomic mass is 16.1. The van der Waals surface area contributed by atoms with Gasteiger partial charge in [-0.2, -0.15) is 0 Å². The zero-order chi connectivity index (χ0) is 9.68. The maximum atomic E-state index is 10.8. The fourth-order valence-corrected chi connectivity index (χ4v) is 0.943. The van der Waals surface area contributed by atoms with E-state index in [4.69, 9.17) is 5.73 Å². The van der Waals surface area contributed by atoms with Crippen molar-refractivity contribution in [3.05, 3.63) is 6.33 Å². The first kappa shape index (κ1) is 9.50. The van der Waals surface area contributed by atoms with E-state index in [0.717, 1.165) is 6.42 Å². The van der Waals surface area contributed by atoms with Crippen LogP contribution in [0.25, 0.3) is 0 Å². The van der Waals surface area contributed by atoms with Crippen LogP contribution in [0, 0.1) is 0 Å². The molecule has 0 aromatic carbocycles. The SMILES string of the molecule is CNC(=O)CCCn1cnc(N)n1. The normalized spacial score (nSPS) is 9.92. The van der Waals surface area contributed by atoms with Gasteiger partial charge in [-0.05, 0) is 6.42 Å². The highest BCUT2D eigenvalue weighted by Crippen LogP contribution is 1.95. The zero-order valence-electron chi connectivity index (χ0n) is 7.53. The van der Waals surface area contributed by atoms with Crippen LogP contribution in [0.3, 0.4) is 0 Å². The minimum atomic E-state index is 0.0353. The zero-order valence-corrected chi connectivity index (χ0v) is 7.53. The molecule has 1 rings (SSSR count). The summed E-state index contributed by atoms with van der Waals surface area (Å²) in [5.41, 5.74) is 5.31. The predicted octanol–water partition coefficient (Wildman–Crippen LogP) is -0.613. The highest BCUT2D eigenvalue weighted by molar-refractivity contribution is 5.75. The average molecular weight is 183 g/mol. The third-order valence-electron chi connectivity index (χ3n) is 1.62. The minimum Gasteiger partial charge on any atom is -0.367 e. The fraction of sp³-hybridized carbons (Fsp3) is 0.571. The summed E-state index contributed by atoms with van der Waals surface area (Å²) < 4.78 is 1.62. The number of nitrogens with zero attached hydrogens (tertiary/aromatic N) is 3. The maximum absolute atomic E-state index is 10.8. The number of nitrogens with two attached hydrogens (primary N) is 1. The predicted molar refractivity (Wildman–Crippen MR) is 47.7 cm³/mol. The molecule has 0 atom stereocenters. The van der Waals surface area contributed by atoms with E-state index in [0.29, 0.717) is 13.0 Å². The van der Waals surface area contributed by atoms with Crippen molar-refractivity contribution < 1.29 is 4.79 Å². The molecule has 3 N–H and O–H groups in total. The maximum Gasteiger partial charge on any atom is 0.239 e. The van der Waals surface area contributed by atoms with E-state index in [-0.39, 0.29) is 11.9 Å². The Kier molecular flexibility index (Phi) is 3.24. The molecule has 1 heterocycles. The molecule has 0 bridgehead atoms. The van der Waals surface area contributed by atoms with Crippen molar-refractivity contribution in [2.75, 3.05) is 12.8 Å². The molecule has 1 aromatic heterocycles. The molecule has 13 heavy (non-hydrogen) atoms. The van der Waals surface area contributed by atoms with Crippen LogP contribution in [0.15, 0.2) is 6.33 Å². The molecule has 72 valence electrons. The van der Waals surface area contributed by atoms with Crippen molar-refractivity contribution in [1.82, 2.24) is 20.1 Å². The Bertz CT molecular complexity index is 282. The van der Waals surface area contributed by atoms with Gasteiger partial charge >= 0.3 is 0 Å². The number of aromatic nitrogens is 3. The Labute approximate surface area is 76.1 Å². The molecule has 0 saturated heterocycles. The first-order valence-corrected chi connectivity index (χ1v) is 4.08. The van der Waals surface area contributed by atoms with Gasteiger partial charge in [-0.25, -0.2) is 4.98 Å². The van der Waals surface area contributed by atoms with Crippen molar-refractivity contribution in [2.45, 2.75) is 19.4 Å². The molecular weight excluding hydrogens is 170 g/mol. The lowest BCUT2D eigenvalue weighted by molar-refractivity contribution is -0.120. The smallest absolute Gasteiger partial charge is 0.239 e. The summed E-state index contributed by atoms with van der Waals surface area (Å²) in [6.45, 7) is 0.664. The molecule has 1 amide bonds. The van der Waals surface area contributed by atoms with E-state index in [2.05, 4.69) is 15.4 Å². The quantitative estimate of drug-likeness (QED) is 0.651. The molecule has 1 aromatic rings. The first-order valence-electron chi connectivity index (χ1n) is 4.08. The number of nitrogens with one attached hydrogen (secondary N) is 1. The van der Waals surface area contributed by atoms with Crippen LogP contribution < -0.4 is 11.1 Å². The molecular formula is C7H13N5O. The highest BCUT2D eigenvalue weighted by Gasteiger charge is 1.99. The number of anilines is 1. The third kappa shape index (κ3) is 3.10. The number of rotatable bonds is 4. The Morgan fingerprint density at radius 3 is 3.08 bits per heavy atom. The molecule has 0 radical (unpaired) electrons. The van der Waals surface area contributed by atoms with E-state index in [1.54, 1.807) is 18.1 Å². The lowest BCUT2D eigenvalue weighted by Crippen LogP contribution is -2.17. The van der Waals surface area contributed by atoms with Crippen LogP contribution in [0.4, 0.5) is 5.95 Å². The van der Waals surface area contributed by atoms with Crippen LogP contribution in [-0.2, 0) is 11.3 Å². The van der Waals surface area contributed by atoms with Crippen LogP contribution in [0.1, 0.15) is 12.8 Å². The van der Waals surface area contributed by atoms with E-state index in [9.17, 15) is 4.79 Å². The fourth-order valence-electron chi connectivity index (χ4n) is 0.943. The number of amides is 1. The second kappa shape index (κ2) is 4.44. The van der Waals surface area contributed by atoms with Crippen molar-refractivity contribution in [2.24, 2.45) is 0 Å². The van der Waals surface area contributed by atoms with Gasteiger partial charge < -0.3 is 11.1 Å². The Morgan fingerprint density at radius 2 is 2.54 bits per heavy atom. The summed E-state index contributed by atoms with van der Waals surface area (Å²) in [7, 11) is 1.62. The molecule has 0 aliphatic rings. The van der Waals surface area contributed by atoms with Gasteiger partial charge in [-0.3, -0.25) is 9.48 Å². The summed E-state index contributed by atoms with van der Waals surface area (Å²) in [4.78, 5) is 14.6. The Hall–Kier alpha value is -1.59. The largest absolute Gasteiger partial charge is 0.367 e. The van der Waals surface area contributed by atoms with Crippen molar-refractivity contribution in [3.63, 3.8) is 0 Å². The standard InChI is InChI=1S/C7H13N5O/c1-9-6(13)3-2-4-12-5-10-7(8)11-12/h5H,2-4H2,1H3,(H2,8,11)(H,9,13). The van der Waals surface area contributed by atoms with Gasteiger partial charge in [0.1, 0.15) is 6.33 Å². The summed E-state index contributed by atoms with van der Waals surface area (Å²) in [5.74, 6) is 0.299. The summed E-state index contributed by atoms with van der Waals surface area (Å²) >= 11 is 0. The Balaban J connectivity index is 2.24. The molecule has 6 heteroatoms. The second-order valence-electron chi connectivity index (χ2n) is 2.64. The van der Waals surface area contributed by atoms with E-state index in [1.165, 1.54) is 0 Å². The van der Waals surface area contributed by atoms with E-state index < -0.39 is 0 Å². The van der Waals surface area contributed by atoms with Crippen LogP contribution >= 0.6 is 0 Å². The molecule has 0 aliphatic carbocycles. The molecule has 0 spiro atoms. The van der Waals surface area contributed by atoms with Gasteiger partial charge in [0.05, 0.1) is 0 Å². The van der Waals surface area contributed by atoms with Gasteiger partial charge in [0.15, 0.2) is 0 Å². The lowest BCUT2D eigenvalue weighted by Gasteiger charge is -1.99. The monoisotopic (exact) mass is 183 g/mol.